The summed E-state index contributed by atoms with van der Waals surface area (Å²) >= 11 is 0. The molecule has 2 heterocycles. The molecule has 3 rings (SSSR count). The Bertz CT molecular complexity index is 626. The van der Waals surface area contributed by atoms with Gasteiger partial charge in [0.2, 0.25) is 0 Å². The molecule has 2 aromatic heterocycles. The smallest absolute Gasteiger partial charge is 0.336 e. The van der Waals surface area contributed by atoms with Crippen LogP contribution in [0.1, 0.15) is 40.5 Å². The number of aryl methyl sites for hydroxylation is 2. The van der Waals surface area contributed by atoms with E-state index in [0.717, 1.165) is 24.2 Å². The second-order valence-corrected chi connectivity index (χ2v) is 4.58. The molecule has 88 valence electrons. The standard InChI is InChI=1S/C12H13N3O2/c1-6-10-8(12(16)17)5-9(7-3-4-7)13-11(10)14-15(6)2/h5,7H,3-4H2,1-2H3,(H,16,17). The lowest BCUT2D eigenvalue weighted by molar-refractivity contribution is 0.0698. The van der Waals surface area contributed by atoms with Crippen molar-refractivity contribution in [1.82, 2.24) is 14.8 Å². The van der Waals surface area contributed by atoms with Crippen molar-refractivity contribution in [2.75, 3.05) is 0 Å². The summed E-state index contributed by atoms with van der Waals surface area (Å²) in [4.78, 5) is 15.8. The van der Waals surface area contributed by atoms with Crippen LogP contribution < -0.4 is 0 Å². The Balaban J connectivity index is 2.35. The number of nitrogens with zero attached hydrogens (tertiary/aromatic N) is 3. The number of fused-ring (bicyclic) bond motifs is 1. The summed E-state index contributed by atoms with van der Waals surface area (Å²) < 4.78 is 1.68. The minimum atomic E-state index is -0.907. The summed E-state index contributed by atoms with van der Waals surface area (Å²) in [5.74, 6) is -0.477. The van der Waals surface area contributed by atoms with E-state index in [1.165, 1.54) is 0 Å². The molecule has 1 fully saturated rings. The fourth-order valence-electron chi connectivity index (χ4n) is 2.12. The molecule has 1 aliphatic rings. The molecule has 5 heteroatoms. The van der Waals surface area contributed by atoms with E-state index in [9.17, 15) is 9.90 Å². The fourth-order valence-corrected chi connectivity index (χ4v) is 2.12. The highest BCUT2D eigenvalue weighted by molar-refractivity contribution is 6.02. The highest BCUT2D eigenvalue weighted by Gasteiger charge is 2.28. The van der Waals surface area contributed by atoms with E-state index < -0.39 is 5.97 Å². The van der Waals surface area contributed by atoms with Gasteiger partial charge in [-0.1, -0.05) is 0 Å². The van der Waals surface area contributed by atoms with E-state index in [0.29, 0.717) is 22.5 Å². The van der Waals surface area contributed by atoms with E-state index in [1.807, 2.05) is 6.92 Å². The van der Waals surface area contributed by atoms with Gasteiger partial charge in [0, 0.05) is 24.4 Å². The zero-order valence-electron chi connectivity index (χ0n) is 9.77. The van der Waals surface area contributed by atoms with Crippen LogP contribution >= 0.6 is 0 Å². The molecule has 5 nitrogen and oxygen atoms in total. The molecule has 0 radical (unpaired) electrons. The van der Waals surface area contributed by atoms with Crippen LogP contribution in [0.5, 0.6) is 0 Å². The van der Waals surface area contributed by atoms with Crippen LogP contribution in [0.25, 0.3) is 11.0 Å². The van der Waals surface area contributed by atoms with E-state index in [4.69, 9.17) is 0 Å². The van der Waals surface area contributed by atoms with Crippen LogP contribution in [-0.4, -0.2) is 25.8 Å². The lowest BCUT2D eigenvalue weighted by Gasteiger charge is -2.02. The largest absolute Gasteiger partial charge is 0.478 e. The second-order valence-electron chi connectivity index (χ2n) is 4.58. The molecular formula is C12H13N3O2. The highest BCUT2D eigenvalue weighted by Crippen LogP contribution is 2.40. The molecular weight excluding hydrogens is 218 g/mol. The Hall–Kier alpha value is -1.91. The molecule has 0 aliphatic heterocycles. The van der Waals surface area contributed by atoms with E-state index in [-0.39, 0.29) is 0 Å². The molecule has 0 atom stereocenters. The number of carbonyl (C=O) groups is 1. The van der Waals surface area contributed by atoms with Crippen molar-refractivity contribution < 1.29 is 9.90 Å². The summed E-state index contributed by atoms with van der Waals surface area (Å²) in [6, 6.07) is 1.71. The number of carboxylic acid groups (broad SMARTS) is 1. The van der Waals surface area contributed by atoms with Gasteiger partial charge >= 0.3 is 5.97 Å². The molecule has 17 heavy (non-hydrogen) atoms. The first-order chi connectivity index (χ1) is 8.08. The number of aromatic nitrogens is 3. The average molecular weight is 231 g/mol. The van der Waals surface area contributed by atoms with Gasteiger partial charge in [0.15, 0.2) is 5.65 Å². The first kappa shape index (κ1) is 10.3. The molecule has 1 saturated carbocycles. The average Bonchev–Trinajstić information content (AvgIpc) is 3.07. The summed E-state index contributed by atoms with van der Waals surface area (Å²) in [6.07, 6.45) is 2.20. The number of pyridine rings is 1. The first-order valence-corrected chi connectivity index (χ1v) is 5.65. The quantitative estimate of drug-likeness (QED) is 0.856. The SMILES string of the molecule is Cc1c2c(C(=O)O)cc(C3CC3)nc2nn1C. The first-order valence-electron chi connectivity index (χ1n) is 5.65. The highest BCUT2D eigenvalue weighted by atomic mass is 16.4. The monoisotopic (exact) mass is 231 g/mol. The van der Waals surface area contributed by atoms with Gasteiger partial charge in [0.25, 0.3) is 0 Å². The number of hydrogen-bond acceptors (Lipinski definition) is 3. The van der Waals surface area contributed by atoms with Crippen LogP contribution in [0, 0.1) is 6.92 Å². The normalized spacial score (nSPS) is 15.4. The van der Waals surface area contributed by atoms with Gasteiger partial charge in [-0.15, -0.1) is 0 Å². The molecule has 0 unspecified atom stereocenters. The summed E-state index contributed by atoms with van der Waals surface area (Å²) in [5, 5.41) is 14.2. The van der Waals surface area contributed by atoms with Crippen LogP contribution in [-0.2, 0) is 7.05 Å². The summed E-state index contributed by atoms with van der Waals surface area (Å²) in [6.45, 7) is 1.86. The van der Waals surface area contributed by atoms with E-state index in [2.05, 4.69) is 10.1 Å². The number of aromatic carboxylic acids is 1. The second kappa shape index (κ2) is 3.29. The molecule has 0 amide bonds. The third-order valence-electron chi connectivity index (χ3n) is 3.34. The van der Waals surface area contributed by atoms with E-state index >= 15 is 0 Å². The van der Waals surface area contributed by atoms with Gasteiger partial charge in [-0.25, -0.2) is 9.78 Å². The minimum absolute atomic E-state index is 0.322. The predicted molar refractivity (Wildman–Crippen MR) is 62.2 cm³/mol. The third kappa shape index (κ3) is 1.50. The third-order valence-corrected chi connectivity index (χ3v) is 3.34. The lowest BCUT2D eigenvalue weighted by Crippen LogP contribution is -2.01. The van der Waals surface area contributed by atoms with Gasteiger partial charge in [0.1, 0.15) is 0 Å². The van der Waals surface area contributed by atoms with Gasteiger partial charge in [0.05, 0.1) is 10.9 Å². The Morgan fingerprint density at radius 2 is 2.24 bits per heavy atom. The van der Waals surface area contributed by atoms with Gasteiger partial charge < -0.3 is 5.11 Å². The summed E-state index contributed by atoms with van der Waals surface area (Å²) in [7, 11) is 1.81. The summed E-state index contributed by atoms with van der Waals surface area (Å²) in [5.41, 5.74) is 2.58. The topological polar surface area (TPSA) is 68.0 Å². The Morgan fingerprint density at radius 3 is 2.82 bits per heavy atom. The Kier molecular flexibility index (Phi) is 1.98. The van der Waals surface area contributed by atoms with Gasteiger partial charge in [-0.05, 0) is 25.8 Å². The van der Waals surface area contributed by atoms with Crippen molar-refractivity contribution >= 4 is 17.0 Å². The maximum Gasteiger partial charge on any atom is 0.336 e. The predicted octanol–water partition coefficient (Wildman–Crippen LogP) is 1.85. The Labute approximate surface area is 98.1 Å². The van der Waals surface area contributed by atoms with Crippen molar-refractivity contribution in [3.05, 3.63) is 23.0 Å². The number of rotatable bonds is 2. The Morgan fingerprint density at radius 1 is 1.53 bits per heavy atom. The van der Waals surface area contributed by atoms with Crippen LogP contribution in [0.2, 0.25) is 0 Å². The van der Waals surface area contributed by atoms with E-state index in [1.54, 1.807) is 17.8 Å². The molecule has 1 aliphatic carbocycles. The molecule has 0 aromatic carbocycles. The minimum Gasteiger partial charge on any atom is -0.478 e. The zero-order chi connectivity index (χ0) is 12.2. The zero-order valence-corrected chi connectivity index (χ0v) is 9.77. The molecule has 2 aromatic rings. The van der Waals surface area contributed by atoms with Crippen molar-refractivity contribution in [1.29, 1.82) is 0 Å². The van der Waals surface area contributed by atoms with Gasteiger partial charge in [-0.3, -0.25) is 4.68 Å². The van der Waals surface area contributed by atoms with Crippen LogP contribution in [0.3, 0.4) is 0 Å². The van der Waals surface area contributed by atoms with Crippen molar-refractivity contribution in [2.45, 2.75) is 25.7 Å². The molecule has 0 bridgehead atoms. The molecule has 0 saturated heterocycles. The van der Waals surface area contributed by atoms with Crippen molar-refractivity contribution in [3.63, 3.8) is 0 Å². The molecule has 1 N–H and O–H groups in total. The maximum absolute atomic E-state index is 11.3. The van der Waals surface area contributed by atoms with Crippen molar-refractivity contribution in [3.8, 4) is 0 Å². The van der Waals surface area contributed by atoms with Gasteiger partial charge in [-0.2, -0.15) is 5.10 Å². The maximum atomic E-state index is 11.3. The van der Waals surface area contributed by atoms with Crippen LogP contribution in [0.15, 0.2) is 6.07 Å². The number of carboxylic acids is 1. The lowest BCUT2D eigenvalue weighted by atomic mass is 10.1. The van der Waals surface area contributed by atoms with Crippen LogP contribution in [0.4, 0.5) is 0 Å². The number of hydrogen-bond donors (Lipinski definition) is 1. The van der Waals surface area contributed by atoms with Crippen molar-refractivity contribution in [2.24, 2.45) is 7.05 Å². The molecule has 0 spiro atoms. The fraction of sp³-hybridized carbons (Fsp3) is 0.417.